The van der Waals surface area contributed by atoms with Crippen LogP contribution in [0.25, 0.3) is 5.57 Å². The molecule has 272 valence electrons. The number of allylic oxidation sites excluding steroid dienone is 3. The number of nitrogens with one attached hydrogen (secondary N) is 1. The van der Waals surface area contributed by atoms with Gasteiger partial charge in [0.25, 0.3) is 0 Å². The van der Waals surface area contributed by atoms with E-state index in [1.54, 1.807) is 6.08 Å². The Balaban J connectivity index is 0.00000134. The van der Waals surface area contributed by atoms with E-state index < -0.39 is 9.84 Å². The van der Waals surface area contributed by atoms with Crippen molar-refractivity contribution in [3.8, 4) is 0 Å². The fourth-order valence-electron chi connectivity index (χ4n) is 13.0. The maximum atomic E-state index is 12.1. The van der Waals surface area contributed by atoms with Crippen LogP contribution in [0.2, 0.25) is 0 Å². The first-order valence-electron chi connectivity index (χ1n) is 19.4. The van der Waals surface area contributed by atoms with Crippen LogP contribution in [0, 0.1) is 45.8 Å². The number of nitrogens with zero attached hydrogens (tertiary/aromatic N) is 1. The number of sulfone groups is 1. The highest BCUT2D eigenvalue weighted by molar-refractivity contribution is 7.91. The Hall–Kier alpha value is -1.96. The van der Waals surface area contributed by atoms with Crippen LogP contribution < -0.4 is 5.32 Å². The topological polar surface area (TPSA) is 75.7 Å². The summed E-state index contributed by atoms with van der Waals surface area (Å²) in [4.78, 5) is 14.4. The molecular formula is C42H64N2O4S. The minimum Gasteiger partial charge on any atom is -0.465 e. The highest BCUT2D eigenvalue weighted by Gasteiger charge is 2.65. The normalized spacial score (nSPS) is 39.1. The number of carbonyl (C=O) groups is 1. The molecule has 1 saturated heterocycles. The van der Waals surface area contributed by atoms with Gasteiger partial charge in [0.2, 0.25) is 0 Å². The van der Waals surface area contributed by atoms with Crippen LogP contribution in [-0.2, 0) is 14.6 Å². The molecule has 1 aliphatic heterocycles. The van der Waals surface area contributed by atoms with Crippen molar-refractivity contribution in [2.75, 3.05) is 44.8 Å². The predicted octanol–water partition coefficient (Wildman–Crippen LogP) is 8.20. The summed E-state index contributed by atoms with van der Waals surface area (Å²) < 4.78 is 28.8. The van der Waals surface area contributed by atoms with Gasteiger partial charge in [0.05, 0.1) is 24.2 Å². The number of rotatable bonds is 6. The number of esters is 1. The summed E-state index contributed by atoms with van der Waals surface area (Å²) in [6.45, 7) is 19.0. The zero-order chi connectivity index (χ0) is 35.2. The van der Waals surface area contributed by atoms with Gasteiger partial charge in [0.1, 0.15) is 0 Å². The Bertz CT molecular complexity index is 1500. The zero-order valence-corrected chi connectivity index (χ0v) is 32.2. The van der Waals surface area contributed by atoms with Crippen LogP contribution in [0.1, 0.15) is 115 Å². The third kappa shape index (κ3) is 6.52. The van der Waals surface area contributed by atoms with Crippen molar-refractivity contribution in [2.45, 2.75) is 104 Å². The summed E-state index contributed by atoms with van der Waals surface area (Å²) in [5, 5.41) is 4.15. The minimum absolute atomic E-state index is 0.0770. The van der Waals surface area contributed by atoms with E-state index in [-0.39, 0.29) is 11.4 Å². The SMILES string of the molecule is C=CC.COC(=O)c1ccc(C2=CCC3(C)C(CCC4(C)C5CCC6(NCCN7CCS(=O)(=O)CC7)CCCC6C5CCC43)C2(C)C)cc1. The fourth-order valence-corrected chi connectivity index (χ4v) is 14.2. The lowest BCUT2D eigenvalue weighted by Gasteiger charge is -2.68. The molecule has 5 fully saturated rings. The third-order valence-corrected chi connectivity index (χ3v) is 16.7. The van der Waals surface area contributed by atoms with E-state index in [0.29, 0.717) is 52.4 Å². The van der Waals surface area contributed by atoms with E-state index in [4.69, 9.17) is 4.74 Å². The molecule has 6 nitrogen and oxygen atoms in total. The smallest absolute Gasteiger partial charge is 0.337 e. The van der Waals surface area contributed by atoms with Gasteiger partial charge in [-0.15, -0.1) is 6.58 Å². The lowest BCUT2D eigenvalue weighted by molar-refractivity contribution is -0.172. The quantitative estimate of drug-likeness (QED) is 0.239. The third-order valence-electron chi connectivity index (χ3n) is 15.0. The average molecular weight is 693 g/mol. The maximum absolute atomic E-state index is 12.1. The van der Waals surface area contributed by atoms with Crippen molar-refractivity contribution in [3.63, 3.8) is 0 Å². The van der Waals surface area contributed by atoms with Crippen LogP contribution in [0.15, 0.2) is 43.0 Å². The minimum atomic E-state index is -2.82. The van der Waals surface area contributed by atoms with E-state index in [1.165, 1.54) is 76.0 Å². The molecule has 0 radical (unpaired) electrons. The Labute approximate surface area is 297 Å². The van der Waals surface area contributed by atoms with Crippen LogP contribution in [0.5, 0.6) is 0 Å². The molecule has 1 heterocycles. The van der Waals surface area contributed by atoms with Crippen molar-refractivity contribution < 1.29 is 17.9 Å². The largest absolute Gasteiger partial charge is 0.465 e. The number of methoxy groups -OCH3 is 1. The van der Waals surface area contributed by atoms with Crippen molar-refractivity contribution in [1.29, 1.82) is 0 Å². The number of ether oxygens (including phenoxy) is 1. The summed E-state index contributed by atoms with van der Waals surface area (Å²) in [5.74, 6) is 4.23. The predicted molar refractivity (Wildman–Crippen MR) is 201 cm³/mol. The number of fused-ring (bicyclic) bond motifs is 7. The van der Waals surface area contributed by atoms with Crippen molar-refractivity contribution in [1.82, 2.24) is 10.2 Å². The van der Waals surface area contributed by atoms with Crippen molar-refractivity contribution >= 4 is 21.4 Å². The van der Waals surface area contributed by atoms with E-state index >= 15 is 0 Å². The van der Waals surface area contributed by atoms with E-state index in [1.807, 2.05) is 19.1 Å². The van der Waals surface area contributed by atoms with Gasteiger partial charge in [-0.3, -0.25) is 0 Å². The van der Waals surface area contributed by atoms with Crippen LogP contribution >= 0.6 is 0 Å². The summed E-state index contributed by atoms with van der Waals surface area (Å²) in [6.07, 6.45) is 17.6. The van der Waals surface area contributed by atoms with Crippen LogP contribution in [-0.4, -0.2) is 69.6 Å². The van der Waals surface area contributed by atoms with Gasteiger partial charge in [-0.25, -0.2) is 13.2 Å². The molecule has 0 amide bonds. The Morgan fingerprint density at radius 2 is 1.63 bits per heavy atom. The van der Waals surface area contributed by atoms with Gasteiger partial charge in [-0.05, 0) is 134 Å². The number of hydrogen-bond donors (Lipinski definition) is 1. The molecular weight excluding hydrogens is 629 g/mol. The Morgan fingerprint density at radius 3 is 2.31 bits per heavy atom. The second-order valence-corrected chi connectivity index (χ2v) is 19.9. The molecule has 1 aromatic rings. The molecule has 5 aliphatic carbocycles. The molecule has 8 unspecified atom stereocenters. The highest BCUT2D eigenvalue weighted by Crippen LogP contribution is 2.72. The number of benzene rings is 1. The van der Waals surface area contributed by atoms with Gasteiger partial charge in [0, 0.05) is 31.7 Å². The molecule has 6 aliphatic rings. The highest BCUT2D eigenvalue weighted by atomic mass is 32.2. The van der Waals surface area contributed by atoms with Crippen molar-refractivity contribution in [3.05, 3.63) is 54.1 Å². The summed E-state index contributed by atoms with van der Waals surface area (Å²) in [6, 6.07) is 8.10. The lowest BCUT2D eigenvalue weighted by Crippen LogP contribution is -2.63. The molecule has 0 bridgehead atoms. The molecule has 1 N–H and O–H groups in total. The monoisotopic (exact) mass is 692 g/mol. The van der Waals surface area contributed by atoms with Crippen LogP contribution in [0.4, 0.5) is 0 Å². The number of hydrogen-bond acceptors (Lipinski definition) is 6. The van der Waals surface area contributed by atoms with E-state index in [0.717, 1.165) is 43.2 Å². The molecule has 1 aromatic carbocycles. The summed E-state index contributed by atoms with van der Waals surface area (Å²) >= 11 is 0. The molecule has 4 saturated carbocycles. The van der Waals surface area contributed by atoms with Crippen LogP contribution in [0.3, 0.4) is 0 Å². The Kier molecular flexibility index (Phi) is 10.4. The summed E-state index contributed by atoms with van der Waals surface area (Å²) in [7, 11) is -1.38. The molecule has 8 atom stereocenters. The van der Waals surface area contributed by atoms with Gasteiger partial charge in [-0.1, -0.05) is 58.4 Å². The fraction of sp³-hybridized carbons (Fsp3) is 0.738. The van der Waals surface area contributed by atoms with E-state index in [2.05, 4.69) is 62.7 Å². The van der Waals surface area contributed by atoms with Gasteiger partial charge in [-0.2, -0.15) is 0 Å². The molecule has 7 rings (SSSR count). The summed E-state index contributed by atoms with van der Waals surface area (Å²) in [5.41, 5.74) is 4.40. The van der Waals surface area contributed by atoms with Crippen molar-refractivity contribution in [2.24, 2.45) is 45.8 Å². The molecule has 49 heavy (non-hydrogen) atoms. The zero-order valence-electron chi connectivity index (χ0n) is 31.4. The molecule has 0 aromatic heterocycles. The van der Waals surface area contributed by atoms with Gasteiger partial charge < -0.3 is 15.0 Å². The van der Waals surface area contributed by atoms with Gasteiger partial charge >= 0.3 is 5.97 Å². The molecule has 0 spiro atoms. The first kappa shape index (κ1) is 36.8. The second-order valence-electron chi connectivity index (χ2n) is 17.6. The number of carbonyl (C=O) groups excluding carboxylic acids is 1. The first-order valence-corrected chi connectivity index (χ1v) is 21.2. The second kappa shape index (κ2) is 13.9. The standard InChI is InChI=1S/C39H58N2O4S.C3H6/c1-36(2)30(27-8-10-28(11-9-27)35(42)45-5)14-18-38(4)33(36)16-19-37(3)31-15-20-39(17-6-7-32(39)29(31)12-13-34(37)38)40-21-22-41-23-25-46(43,44)26-24-41;1-3-2/h8-11,14,29,31-34,40H,6-7,12-13,15-26H2,1-5H3;3H,1H2,2H3. The van der Waals surface area contributed by atoms with E-state index in [9.17, 15) is 13.2 Å². The molecule has 7 heteroatoms. The lowest BCUT2D eigenvalue weighted by atomic mass is 9.37. The maximum Gasteiger partial charge on any atom is 0.337 e. The average Bonchev–Trinajstić information content (AvgIpc) is 3.50. The Morgan fingerprint density at radius 1 is 0.939 bits per heavy atom. The first-order chi connectivity index (χ1) is 23.2. The van der Waals surface area contributed by atoms with Gasteiger partial charge in [0.15, 0.2) is 9.84 Å².